The second-order valence-corrected chi connectivity index (χ2v) is 6.80. The van der Waals surface area contributed by atoms with Crippen molar-refractivity contribution in [3.05, 3.63) is 59.9 Å². The van der Waals surface area contributed by atoms with Gasteiger partial charge in [-0.3, -0.25) is 0 Å². The molecule has 0 bridgehead atoms. The van der Waals surface area contributed by atoms with Crippen LogP contribution in [-0.2, 0) is 4.74 Å². The number of halogens is 1. The van der Waals surface area contributed by atoms with Gasteiger partial charge in [-0.15, -0.1) is 0 Å². The number of benzene rings is 2. The highest BCUT2D eigenvalue weighted by Crippen LogP contribution is 2.26. The lowest BCUT2D eigenvalue weighted by Crippen LogP contribution is -2.29. The lowest BCUT2D eigenvalue weighted by molar-refractivity contribution is 0.0521. The van der Waals surface area contributed by atoms with Crippen LogP contribution in [0.3, 0.4) is 0 Å². The van der Waals surface area contributed by atoms with Gasteiger partial charge in [-0.1, -0.05) is 31.2 Å². The van der Waals surface area contributed by atoms with Crippen molar-refractivity contribution in [2.75, 3.05) is 39.5 Å². The molecule has 0 saturated carbocycles. The Morgan fingerprint density at radius 2 is 1.55 bits per heavy atom. The Balaban J connectivity index is 1.78. The molecule has 0 aromatic heterocycles. The third kappa shape index (κ3) is 8.03. The zero-order valence-electron chi connectivity index (χ0n) is 17.9. The van der Waals surface area contributed by atoms with Crippen molar-refractivity contribution in [1.29, 1.82) is 0 Å². The van der Waals surface area contributed by atoms with Crippen molar-refractivity contribution in [2.45, 2.75) is 39.7 Å². The second kappa shape index (κ2) is 13.2. The number of hydrogen-bond donors (Lipinski definition) is 0. The van der Waals surface area contributed by atoms with Crippen LogP contribution in [0, 0.1) is 5.82 Å². The third-order valence-corrected chi connectivity index (χ3v) is 4.81. The number of para-hydroxylation sites is 2. The first kappa shape index (κ1) is 23.2. The predicted molar refractivity (Wildman–Crippen MR) is 115 cm³/mol. The Labute approximate surface area is 174 Å². The fourth-order valence-corrected chi connectivity index (χ4v) is 3.28. The molecule has 2 aromatic carbocycles. The fourth-order valence-electron chi connectivity index (χ4n) is 3.28. The van der Waals surface area contributed by atoms with Crippen LogP contribution >= 0.6 is 0 Å². The van der Waals surface area contributed by atoms with E-state index >= 15 is 0 Å². The van der Waals surface area contributed by atoms with Gasteiger partial charge < -0.3 is 19.1 Å². The number of hydrogen-bond acceptors (Lipinski definition) is 4. The fraction of sp³-hybridized carbons (Fsp3) is 0.500. The van der Waals surface area contributed by atoms with Crippen molar-refractivity contribution in [3.63, 3.8) is 0 Å². The minimum absolute atomic E-state index is 0.00799. The molecule has 160 valence electrons. The molecule has 1 unspecified atom stereocenters. The van der Waals surface area contributed by atoms with E-state index in [-0.39, 0.29) is 11.9 Å². The van der Waals surface area contributed by atoms with Crippen LogP contribution in [0.5, 0.6) is 11.5 Å². The van der Waals surface area contributed by atoms with Crippen molar-refractivity contribution in [1.82, 2.24) is 4.90 Å². The monoisotopic (exact) mass is 403 g/mol. The van der Waals surface area contributed by atoms with E-state index in [4.69, 9.17) is 14.2 Å². The molecule has 0 aliphatic rings. The Hall–Kier alpha value is -2.11. The number of nitrogens with zero attached hydrogens (tertiary/aromatic N) is 1. The lowest BCUT2D eigenvalue weighted by atomic mass is 10.0. The quantitative estimate of drug-likeness (QED) is 0.418. The molecule has 0 aliphatic heterocycles. The van der Waals surface area contributed by atoms with Crippen LogP contribution in [0.25, 0.3) is 0 Å². The average molecular weight is 404 g/mol. The van der Waals surface area contributed by atoms with Crippen LogP contribution < -0.4 is 9.47 Å². The van der Waals surface area contributed by atoms with E-state index in [0.717, 1.165) is 49.5 Å². The Bertz CT molecular complexity index is 693. The minimum Gasteiger partial charge on any atom is -0.490 e. The van der Waals surface area contributed by atoms with Crippen LogP contribution in [0.2, 0.25) is 0 Å². The Morgan fingerprint density at radius 3 is 2.17 bits per heavy atom. The highest BCUT2D eigenvalue weighted by atomic mass is 19.1. The first-order valence-electron chi connectivity index (χ1n) is 10.6. The van der Waals surface area contributed by atoms with Crippen LogP contribution in [-0.4, -0.2) is 44.4 Å². The zero-order valence-corrected chi connectivity index (χ0v) is 17.9. The summed E-state index contributed by atoms with van der Waals surface area (Å²) in [7, 11) is 0. The van der Waals surface area contributed by atoms with Gasteiger partial charge in [0.15, 0.2) is 11.5 Å². The summed E-state index contributed by atoms with van der Waals surface area (Å²) < 4.78 is 30.6. The molecular weight excluding hydrogens is 369 g/mol. The molecule has 0 fully saturated rings. The van der Waals surface area contributed by atoms with Gasteiger partial charge in [0.25, 0.3) is 0 Å². The summed E-state index contributed by atoms with van der Waals surface area (Å²) >= 11 is 0. The third-order valence-electron chi connectivity index (χ3n) is 4.81. The molecule has 0 saturated heterocycles. The van der Waals surface area contributed by atoms with Gasteiger partial charge >= 0.3 is 0 Å². The maximum absolute atomic E-state index is 13.2. The lowest BCUT2D eigenvalue weighted by Gasteiger charge is -2.23. The molecule has 2 rings (SSSR count). The molecule has 1 atom stereocenters. The normalized spacial score (nSPS) is 12.2. The summed E-state index contributed by atoms with van der Waals surface area (Å²) in [6.07, 6.45) is 1.92. The van der Waals surface area contributed by atoms with Gasteiger partial charge in [0, 0.05) is 13.2 Å². The van der Waals surface area contributed by atoms with Crippen molar-refractivity contribution >= 4 is 0 Å². The second-order valence-electron chi connectivity index (χ2n) is 6.80. The van der Waals surface area contributed by atoms with Gasteiger partial charge in [-0.2, -0.15) is 0 Å². The van der Waals surface area contributed by atoms with E-state index in [1.165, 1.54) is 12.1 Å². The number of likely N-dealkylation sites (N-methyl/N-ethyl adjacent to an activating group) is 1. The van der Waals surface area contributed by atoms with Crippen LogP contribution in [0.4, 0.5) is 4.39 Å². The first-order chi connectivity index (χ1) is 14.2. The molecule has 0 N–H and O–H groups in total. The SMILES string of the molecule is CCOc1ccccc1OCCN(CC)CCCC(OCC)c1ccc(F)cc1. The number of ether oxygens (including phenoxy) is 3. The topological polar surface area (TPSA) is 30.9 Å². The summed E-state index contributed by atoms with van der Waals surface area (Å²) in [6, 6.07) is 14.4. The predicted octanol–water partition coefficient (Wildman–Crippen LogP) is 5.48. The van der Waals surface area contributed by atoms with Gasteiger partial charge in [-0.05, 0) is 69.6 Å². The van der Waals surface area contributed by atoms with E-state index < -0.39 is 0 Å². The van der Waals surface area contributed by atoms with E-state index in [9.17, 15) is 4.39 Å². The Kier molecular flexibility index (Phi) is 10.5. The van der Waals surface area contributed by atoms with Gasteiger partial charge in [-0.25, -0.2) is 4.39 Å². The van der Waals surface area contributed by atoms with Crippen LogP contribution in [0.1, 0.15) is 45.3 Å². The standard InChI is InChI=1S/C24H34FNO3/c1-4-26(18-19-29-24-11-8-7-10-23(24)28-6-3)17-9-12-22(27-5-2)20-13-15-21(25)16-14-20/h7-8,10-11,13-16,22H,4-6,9,12,17-19H2,1-3H3. The molecule has 0 spiro atoms. The first-order valence-corrected chi connectivity index (χ1v) is 10.6. The summed E-state index contributed by atoms with van der Waals surface area (Å²) in [5.74, 6) is 1.36. The maximum atomic E-state index is 13.2. The van der Waals surface area contributed by atoms with Crippen LogP contribution in [0.15, 0.2) is 48.5 Å². The molecule has 0 heterocycles. The highest BCUT2D eigenvalue weighted by Gasteiger charge is 2.13. The molecule has 0 amide bonds. The van der Waals surface area contributed by atoms with Gasteiger partial charge in [0.2, 0.25) is 0 Å². The molecule has 0 radical (unpaired) electrons. The van der Waals surface area contributed by atoms with E-state index in [1.807, 2.05) is 50.2 Å². The molecule has 4 nitrogen and oxygen atoms in total. The highest BCUT2D eigenvalue weighted by molar-refractivity contribution is 5.39. The maximum Gasteiger partial charge on any atom is 0.161 e. The van der Waals surface area contributed by atoms with Crippen molar-refractivity contribution in [2.24, 2.45) is 0 Å². The van der Waals surface area contributed by atoms with E-state index in [1.54, 1.807) is 0 Å². The van der Waals surface area contributed by atoms with E-state index in [0.29, 0.717) is 19.8 Å². The zero-order chi connectivity index (χ0) is 20.9. The Morgan fingerprint density at radius 1 is 0.862 bits per heavy atom. The van der Waals surface area contributed by atoms with E-state index in [2.05, 4.69) is 11.8 Å². The molecule has 29 heavy (non-hydrogen) atoms. The van der Waals surface area contributed by atoms with Crippen molar-refractivity contribution in [3.8, 4) is 11.5 Å². The van der Waals surface area contributed by atoms with Gasteiger partial charge in [0.05, 0.1) is 12.7 Å². The summed E-state index contributed by atoms with van der Waals surface area (Å²) in [5.41, 5.74) is 1.03. The minimum atomic E-state index is -0.216. The summed E-state index contributed by atoms with van der Waals surface area (Å²) in [6.45, 7) is 10.8. The molecule has 5 heteroatoms. The molecule has 2 aromatic rings. The van der Waals surface area contributed by atoms with Crippen molar-refractivity contribution < 1.29 is 18.6 Å². The largest absolute Gasteiger partial charge is 0.490 e. The molecular formula is C24H34FNO3. The summed E-state index contributed by atoms with van der Waals surface area (Å²) in [4.78, 5) is 2.37. The number of rotatable bonds is 14. The van der Waals surface area contributed by atoms with Gasteiger partial charge in [0.1, 0.15) is 12.4 Å². The average Bonchev–Trinajstić information content (AvgIpc) is 2.74. The molecule has 0 aliphatic carbocycles. The summed E-state index contributed by atoms with van der Waals surface area (Å²) in [5, 5.41) is 0. The smallest absolute Gasteiger partial charge is 0.161 e.